The molecule has 0 aliphatic rings. The van der Waals surface area contributed by atoms with E-state index in [2.05, 4.69) is 15.9 Å². The van der Waals surface area contributed by atoms with Gasteiger partial charge in [0.05, 0.1) is 4.47 Å². The molecule has 92 valence electrons. The van der Waals surface area contributed by atoms with E-state index in [0.29, 0.717) is 15.6 Å². The molecule has 2 aromatic rings. The third-order valence-corrected chi connectivity index (χ3v) is 3.61. The van der Waals surface area contributed by atoms with Gasteiger partial charge in [0.2, 0.25) is 0 Å². The van der Waals surface area contributed by atoms with Crippen LogP contribution >= 0.6 is 15.9 Å². The minimum Gasteiger partial charge on any atom is -0.294 e. The van der Waals surface area contributed by atoms with Crippen LogP contribution < -0.4 is 0 Å². The van der Waals surface area contributed by atoms with Gasteiger partial charge in [-0.2, -0.15) is 0 Å². The zero-order valence-electron chi connectivity index (χ0n) is 9.91. The zero-order chi connectivity index (χ0) is 13.1. The molecule has 2 rings (SSSR count). The van der Waals surface area contributed by atoms with Gasteiger partial charge in [-0.3, -0.25) is 4.79 Å². The summed E-state index contributed by atoms with van der Waals surface area (Å²) in [5.74, 6) is -0.352. The molecule has 0 fully saturated rings. The maximum absolute atomic E-state index is 13.3. The molecule has 0 atom stereocenters. The van der Waals surface area contributed by atoms with Gasteiger partial charge in [-0.25, -0.2) is 4.39 Å². The van der Waals surface area contributed by atoms with Crippen LogP contribution in [0.25, 0.3) is 0 Å². The van der Waals surface area contributed by atoms with Crippen LogP contribution in [0.4, 0.5) is 4.39 Å². The summed E-state index contributed by atoms with van der Waals surface area (Å²) in [7, 11) is 0. The molecular weight excluding hydrogens is 295 g/mol. The monoisotopic (exact) mass is 306 g/mol. The molecule has 0 unspecified atom stereocenters. The lowest BCUT2D eigenvalue weighted by atomic mass is 10.0. The van der Waals surface area contributed by atoms with Crippen LogP contribution in [0.15, 0.2) is 46.9 Å². The fourth-order valence-corrected chi connectivity index (χ4v) is 2.18. The molecule has 0 bridgehead atoms. The van der Waals surface area contributed by atoms with Gasteiger partial charge in [0, 0.05) is 12.0 Å². The van der Waals surface area contributed by atoms with Gasteiger partial charge in [0.15, 0.2) is 5.78 Å². The Bertz CT molecular complexity index is 593. The van der Waals surface area contributed by atoms with Crippen LogP contribution in [-0.2, 0) is 6.42 Å². The second-order valence-corrected chi connectivity index (χ2v) is 4.98. The number of aryl methyl sites for hydroxylation is 1. The Balaban J connectivity index is 2.24. The van der Waals surface area contributed by atoms with Gasteiger partial charge >= 0.3 is 0 Å². The number of halogens is 2. The third-order valence-electron chi connectivity index (χ3n) is 2.72. The first-order chi connectivity index (χ1) is 8.58. The van der Waals surface area contributed by atoms with Crippen molar-refractivity contribution in [3.05, 3.63) is 69.4 Å². The first-order valence-corrected chi connectivity index (χ1v) is 6.40. The Kier molecular flexibility index (Phi) is 3.92. The first kappa shape index (κ1) is 13.0. The van der Waals surface area contributed by atoms with Gasteiger partial charge < -0.3 is 0 Å². The molecule has 0 aromatic heterocycles. The molecule has 0 radical (unpaired) electrons. The van der Waals surface area contributed by atoms with E-state index in [1.165, 1.54) is 6.07 Å². The average molecular weight is 307 g/mol. The van der Waals surface area contributed by atoms with Crippen molar-refractivity contribution in [3.8, 4) is 0 Å². The number of hydrogen-bond donors (Lipinski definition) is 0. The maximum atomic E-state index is 13.3. The van der Waals surface area contributed by atoms with E-state index >= 15 is 0 Å². The minimum absolute atomic E-state index is 0.00926. The minimum atomic E-state index is -0.343. The topological polar surface area (TPSA) is 17.1 Å². The lowest BCUT2D eigenvalue weighted by Crippen LogP contribution is -2.04. The molecule has 0 spiro atoms. The summed E-state index contributed by atoms with van der Waals surface area (Å²) in [6.07, 6.45) is 0.196. The molecule has 0 aliphatic heterocycles. The Labute approximate surface area is 114 Å². The predicted molar refractivity (Wildman–Crippen MR) is 73.3 cm³/mol. The van der Waals surface area contributed by atoms with E-state index < -0.39 is 0 Å². The largest absolute Gasteiger partial charge is 0.294 e. The summed E-state index contributed by atoms with van der Waals surface area (Å²) in [6, 6.07) is 12.1. The smallest absolute Gasteiger partial charge is 0.167 e. The number of benzene rings is 2. The highest BCUT2D eigenvalue weighted by molar-refractivity contribution is 9.10. The van der Waals surface area contributed by atoms with E-state index in [4.69, 9.17) is 0 Å². The lowest BCUT2D eigenvalue weighted by Gasteiger charge is -2.05. The van der Waals surface area contributed by atoms with Crippen LogP contribution in [0.5, 0.6) is 0 Å². The number of hydrogen-bond acceptors (Lipinski definition) is 1. The summed E-state index contributed by atoms with van der Waals surface area (Å²) in [6.45, 7) is 1.94. The highest BCUT2D eigenvalue weighted by Gasteiger charge is 2.11. The van der Waals surface area contributed by atoms with Crippen molar-refractivity contribution in [2.24, 2.45) is 0 Å². The molecule has 0 aliphatic carbocycles. The van der Waals surface area contributed by atoms with Crippen molar-refractivity contribution in [2.75, 3.05) is 0 Å². The Morgan fingerprint density at radius 1 is 1.22 bits per heavy atom. The Hall–Kier alpha value is -1.48. The quantitative estimate of drug-likeness (QED) is 0.772. The molecule has 0 saturated carbocycles. The standard InChI is InChI=1S/C15H12BrFO/c1-10-4-2-5-11(8-10)14(18)9-12-6-3-7-13(17)15(12)16/h2-8H,9H2,1H3. The fourth-order valence-electron chi connectivity index (χ4n) is 1.78. The normalized spacial score (nSPS) is 10.4. The summed E-state index contributed by atoms with van der Waals surface area (Å²) in [4.78, 5) is 12.1. The molecule has 1 nitrogen and oxygen atoms in total. The first-order valence-electron chi connectivity index (χ1n) is 5.60. The molecule has 0 heterocycles. The van der Waals surface area contributed by atoms with Gasteiger partial charge in [0.1, 0.15) is 5.82 Å². The highest BCUT2D eigenvalue weighted by Crippen LogP contribution is 2.22. The Morgan fingerprint density at radius 3 is 2.67 bits per heavy atom. The number of ketones is 1. The lowest BCUT2D eigenvalue weighted by molar-refractivity contribution is 0.0992. The van der Waals surface area contributed by atoms with E-state index in [1.54, 1.807) is 18.2 Å². The van der Waals surface area contributed by atoms with Gasteiger partial charge in [-0.1, -0.05) is 35.9 Å². The van der Waals surface area contributed by atoms with E-state index in [-0.39, 0.29) is 18.0 Å². The van der Waals surface area contributed by atoms with Crippen LogP contribution in [0, 0.1) is 12.7 Å². The van der Waals surface area contributed by atoms with Gasteiger partial charge in [-0.05, 0) is 40.5 Å². The van der Waals surface area contributed by atoms with Crippen LogP contribution in [0.3, 0.4) is 0 Å². The van der Waals surface area contributed by atoms with E-state index in [9.17, 15) is 9.18 Å². The van der Waals surface area contributed by atoms with Crippen LogP contribution in [-0.4, -0.2) is 5.78 Å². The van der Waals surface area contributed by atoms with E-state index in [0.717, 1.165) is 5.56 Å². The molecule has 18 heavy (non-hydrogen) atoms. The summed E-state index contributed by atoms with van der Waals surface area (Å²) in [5, 5.41) is 0. The third kappa shape index (κ3) is 2.85. The SMILES string of the molecule is Cc1cccc(C(=O)Cc2cccc(F)c2Br)c1. The van der Waals surface area contributed by atoms with Crippen molar-refractivity contribution >= 4 is 21.7 Å². The summed E-state index contributed by atoms with van der Waals surface area (Å²) >= 11 is 3.17. The van der Waals surface area contributed by atoms with E-state index in [1.807, 2.05) is 25.1 Å². The summed E-state index contributed by atoms with van der Waals surface area (Å²) in [5.41, 5.74) is 2.37. The number of rotatable bonds is 3. The van der Waals surface area contributed by atoms with Crippen molar-refractivity contribution in [2.45, 2.75) is 13.3 Å². The molecule has 3 heteroatoms. The molecule has 2 aromatic carbocycles. The molecular formula is C15H12BrFO. The average Bonchev–Trinajstić information content (AvgIpc) is 2.35. The van der Waals surface area contributed by atoms with Gasteiger partial charge in [0.25, 0.3) is 0 Å². The van der Waals surface area contributed by atoms with Crippen molar-refractivity contribution < 1.29 is 9.18 Å². The number of Topliss-reactive ketones (excluding diaryl/α,β-unsaturated/α-hetero) is 1. The van der Waals surface area contributed by atoms with Gasteiger partial charge in [-0.15, -0.1) is 0 Å². The Morgan fingerprint density at radius 2 is 1.94 bits per heavy atom. The van der Waals surface area contributed by atoms with Crippen molar-refractivity contribution in [1.29, 1.82) is 0 Å². The predicted octanol–water partition coefficient (Wildman–Crippen LogP) is 4.32. The van der Waals surface area contributed by atoms with Crippen molar-refractivity contribution in [1.82, 2.24) is 0 Å². The number of carbonyl (C=O) groups excluding carboxylic acids is 1. The maximum Gasteiger partial charge on any atom is 0.167 e. The molecule has 0 N–H and O–H groups in total. The summed E-state index contributed by atoms with van der Waals surface area (Å²) < 4.78 is 13.7. The molecule has 0 saturated heterocycles. The van der Waals surface area contributed by atoms with Crippen molar-refractivity contribution in [3.63, 3.8) is 0 Å². The second-order valence-electron chi connectivity index (χ2n) is 4.18. The molecule has 0 amide bonds. The highest BCUT2D eigenvalue weighted by atomic mass is 79.9. The fraction of sp³-hybridized carbons (Fsp3) is 0.133. The van der Waals surface area contributed by atoms with Crippen LogP contribution in [0.1, 0.15) is 21.5 Å². The van der Waals surface area contributed by atoms with Crippen LogP contribution in [0.2, 0.25) is 0 Å². The zero-order valence-corrected chi connectivity index (χ0v) is 11.5. The second kappa shape index (κ2) is 5.44. The number of carbonyl (C=O) groups is 1.